The smallest absolute Gasteiger partial charge is 0.212 e. The summed E-state index contributed by atoms with van der Waals surface area (Å²) in [7, 11) is -1.69. The van der Waals surface area contributed by atoms with Crippen LogP contribution in [0.3, 0.4) is 0 Å². The third-order valence-electron chi connectivity index (χ3n) is 3.25. The topological polar surface area (TPSA) is 61.4 Å². The summed E-state index contributed by atoms with van der Waals surface area (Å²) in [6, 6.07) is 8.36. The third-order valence-corrected chi connectivity index (χ3v) is 4.62. The van der Waals surface area contributed by atoms with Gasteiger partial charge in [-0.2, -0.15) is 0 Å². The summed E-state index contributed by atoms with van der Waals surface area (Å²) < 4.78 is 24.8. The van der Waals surface area contributed by atoms with E-state index in [-0.39, 0.29) is 5.75 Å². The Hall–Kier alpha value is -1.11. The van der Waals surface area contributed by atoms with Gasteiger partial charge in [-0.05, 0) is 38.6 Å². The van der Waals surface area contributed by atoms with Crippen LogP contribution in [0, 0.1) is 0 Å². The fourth-order valence-corrected chi connectivity index (χ4v) is 2.57. The van der Waals surface area contributed by atoms with Crippen LogP contribution in [0.4, 0.5) is 5.69 Å². The van der Waals surface area contributed by atoms with Crippen molar-refractivity contribution in [3.8, 4) is 0 Å². The molecule has 0 radical (unpaired) electrons. The molecule has 6 heteroatoms. The van der Waals surface area contributed by atoms with Crippen LogP contribution >= 0.6 is 0 Å². The fourth-order valence-electron chi connectivity index (χ4n) is 1.95. The first-order valence-corrected chi connectivity index (χ1v) is 8.63. The van der Waals surface area contributed by atoms with Gasteiger partial charge in [0.05, 0.1) is 5.75 Å². The van der Waals surface area contributed by atoms with Gasteiger partial charge in [0.15, 0.2) is 0 Å². The molecule has 0 amide bonds. The fraction of sp³-hybridized carbons (Fsp3) is 0.571. The molecule has 114 valence electrons. The number of nitrogens with one attached hydrogen (secondary N) is 2. The Labute approximate surface area is 122 Å². The standard InChI is InChI=1S/C14H25N3O2S/c1-4-17(5-2)14-8-6-13(7-9-14)12-16-10-11-20(18,19)15-3/h6-9,15-16H,4-5,10-12H2,1-3H3. The van der Waals surface area contributed by atoms with Crippen molar-refractivity contribution in [2.75, 3.05) is 37.3 Å². The van der Waals surface area contributed by atoms with Crippen LogP contribution in [-0.4, -0.2) is 40.9 Å². The zero-order chi connectivity index (χ0) is 15.0. The molecule has 0 unspecified atom stereocenters. The Morgan fingerprint density at radius 2 is 1.70 bits per heavy atom. The molecule has 0 heterocycles. The molecule has 0 saturated heterocycles. The van der Waals surface area contributed by atoms with E-state index in [1.165, 1.54) is 12.7 Å². The van der Waals surface area contributed by atoms with Crippen LogP contribution < -0.4 is 14.9 Å². The third kappa shape index (κ3) is 5.48. The summed E-state index contributed by atoms with van der Waals surface area (Å²) in [4.78, 5) is 2.29. The molecule has 0 aliphatic rings. The lowest BCUT2D eigenvalue weighted by molar-refractivity contribution is 0.583. The van der Waals surface area contributed by atoms with Gasteiger partial charge in [-0.3, -0.25) is 0 Å². The molecular formula is C14H25N3O2S. The number of rotatable bonds is 9. The van der Waals surface area contributed by atoms with Crippen molar-refractivity contribution in [2.45, 2.75) is 20.4 Å². The first kappa shape index (κ1) is 16.9. The summed E-state index contributed by atoms with van der Waals surface area (Å²) in [6.07, 6.45) is 0. The number of hydrogen-bond acceptors (Lipinski definition) is 4. The molecule has 5 nitrogen and oxygen atoms in total. The van der Waals surface area contributed by atoms with Crippen LogP contribution in [0.15, 0.2) is 24.3 Å². The van der Waals surface area contributed by atoms with Gasteiger partial charge in [0.25, 0.3) is 0 Å². The average Bonchev–Trinajstić information content (AvgIpc) is 2.46. The highest BCUT2D eigenvalue weighted by molar-refractivity contribution is 7.89. The Balaban J connectivity index is 2.42. The summed E-state index contributed by atoms with van der Waals surface area (Å²) in [6.45, 7) is 7.40. The zero-order valence-electron chi connectivity index (χ0n) is 12.5. The van der Waals surface area contributed by atoms with E-state index in [9.17, 15) is 8.42 Å². The van der Waals surface area contributed by atoms with E-state index >= 15 is 0 Å². The molecule has 0 bridgehead atoms. The lowest BCUT2D eigenvalue weighted by Crippen LogP contribution is -2.29. The normalized spacial score (nSPS) is 11.6. The maximum atomic E-state index is 11.2. The van der Waals surface area contributed by atoms with E-state index in [1.807, 2.05) is 0 Å². The van der Waals surface area contributed by atoms with Crippen LogP contribution in [0.25, 0.3) is 0 Å². The summed E-state index contributed by atoms with van der Waals surface area (Å²) in [5, 5.41) is 3.14. The van der Waals surface area contributed by atoms with Crippen LogP contribution in [0.1, 0.15) is 19.4 Å². The molecule has 0 atom stereocenters. The quantitative estimate of drug-likeness (QED) is 0.672. The maximum absolute atomic E-state index is 11.2. The van der Waals surface area contributed by atoms with Gasteiger partial charge in [-0.15, -0.1) is 0 Å². The van der Waals surface area contributed by atoms with Gasteiger partial charge in [0.1, 0.15) is 0 Å². The molecule has 1 rings (SSSR count). The molecule has 1 aromatic carbocycles. The van der Waals surface area contributed by atoms with Crippen molar-refractivity contribution >= 4 is 15.7 Å². The number of anilines is 1. The molecule has 0 saturated carbocycles. The van der Waals surface area contributed by atoms with E-state index in [0.717, 1.165) is 18.7 Å². The minimum Gasteiger partial charge on any atom is -0.372 e. The molecule has 0 spiro atoms. The minimum absolute atomic E-state index is 0.0982. The summed E-state index contributed by atoms with van der Waals surface area (Å²) in [5.41, 5.74) is 2.37. The van der Waals surface area contributed by atoms with E-state index < -0.39 is 10.0 Å². The van der Waals surface area contributed by atoms with Crippen LogP contribution in [0.2, 0.25) is 0 Å². The van der Waals surface area contributed by atoms with Gasteiger partial charge in [0.2, 0.25) is 10.0 Å². The second kappa shape index (κ2) is 8.24. The molecule has 0 fully saturated rings. The molecule has 20 heavy (non-hydrogen) atoms. The monoisotopic (exact) mass is 299 g/mol. The minimum atomic E-state index is -3.12. The van der Waals surface area contributed by atoms with Crippen molar-refractivity contribution in [2.24, 2.45) is 0 Å². The lowest BCUT2D eigenvalue weighted by atomic mass is 10.2. The molecular weight excluding hydrogens is 274 g/mol. The van der Waals surface area contributed by atoms with E-state index in [0.29, 0.717) is 13.1 Å². The highest BCUT2D eigenvalue weighted by Gasteiger charge is 2.05. The SMILES string of the molecule is CCN(CC)c1ccc(CNCCS(=O)(=O)NC)cc1. The summed E-state index contributed by atoms with van der Waals surface area (Å²) in [5.74, 6) is 0.0982. The Morgan fingerprint density at radius 3 is 2.20 bits per heavy atom. The number of sulfonamides is 1. The van der Waals surface area contributed by atoms with Crippen molar-refractivity contribution in [1.82, 2.24) is 10.0 Å². The van der Waals surface area contributed by atoms with Crippen molar-refractivity contribution in [3.05, 3.63) is 29.8 Å². The number of benzene rings is 1. The highest BCUT2D eigenvalue weighted by atomic mass is 32.2. The van der Waals surface area contributed by atoms with Crippen molar-refractivity contribution in [3.63, 3.8) is 0 Å². The molecule has 0 aromatic heterocycles. The van der Waals surface area contributed by atoms with Gasteiger partial charge in [0, 0.05) is 31.9 Å². The average molecular weight is 299 g/mol. The predicted molar refractivity (Wildman–Crippen MR) is 84.6 cm³/mol. The maximum Gasteiger partial charge on any atom is 0.212 e. The first-order chi connectivity index (χ1) is 9.52. The Bertz CT molecular complexity index is 482. The number of hydrogen-bond donors (Lipinski definition) is 2. The molecule has 1 aromatic rings. The second-order valence-corrected chi connectivity index (χ2v) is 6.58. The Kier molecular flexibility index (Phi) is 6.98. The van der Waals surface area contributed by atoms with E-state index in [1.54, 1.807) is 0 Å². The first-order valence-electron chi connectivity index (χ1n) is 6.98. The van der Waals surface area contributed by atoms with Gasteiger partial charge >= 0.3 is 0 Å². The molecule has 2 N–H and O–H groups in total. The van der Waals surface area contributed by atoms with Crippen molar-refractivity contribution < 1.29 is 8.42 Å². The molecule has 0 aliphatic heterocycles. The Morgan fingerprint density at radius 1 is 1.10 bits per heavy atom. The van der Waals surface area contributed by atoms with Gasteiger partial charge in [-0.1, -0.05) is 12.1 Å². The molecule has 0 aliphatic carbocycles. The van der Waals surface area contributed by atoms with Crippen LogP contribution in [0.5, 0.6) is 0 Å². The number of nitrogens with zero attached hydrogens (tertiary/aromatic N) is 1. The van der Waals surface area contributed by atoms with Gasteiger partial charge < -0.3 is 10.2 Å². The second-order valence-electron chi connectivity index (χ2n) is 4.54. The summed E-state index contributed by atoms with van der Waals surface area (Å²) >= 11 is 0. The predicted octanol–water partition coefficient (Wildman–Crippen LogP) is 1.17. The lowest BCUT2D eigenvalue weighted by Gasteiger charge is -2.21. The largest absolute Gasteiger partial charge is 0.372 e. The highest BCUT2D eigenvalue weighted by Crippen LogP contribution is 2.14. The van der Waals surface area contributed by atoms with E-state index in [2.05, 4.69) is 53.1 Å². The van der Waals surface area contributed by atoms with Gasteiger partial charge in [-0.25, -0.2) is 13.1 Å². The van der Waals surface area contributed by atoms with Crippen LogP contribution in [-0.2, 0) is 16.6 Å². The zero-order valence-corrected chi connectivity index (χ0v) is 13.3. The van der Waals surface area contributed by atoms with E-state index in [4.69, 9.17) is 0 Å². The van der Waals surface area contributed by atoms with Crippen molar-refractivity contribution in [1.29, 1.82) is 0 Å².